The van der Waals surface area contributed by atoms with Gasteiger partial charge in [0.2, 0.25) is 0 Å². The Labute approximate surface area is 227 Å². The summed E-state index contributed by atoms with van der Waals surface area (Å²) in [5.74, 6) is -0.267. The molecule has 0 spiro atoms. The van der Waals surface area contributed by atoms with Crippen molar-refractivity contribution in [3.8, 4) is 6.07 Å². The second-order valence-corrected chi connectivity index (χ2v) is 10.1. The average molecular weight is 579 g/mol. The standard InChI is InChI=1S/C28H22BrClFN5O/c29-21-4-6-24(31)20(14-21)2-1-10-35-11-8-25-23(17-35)22-5-3-18(15-32)12-26(22)36(25)28(37)34-16-19-7-9-33-27(30)13-19/h1-7,9,12-14H,8,10-11,16-17H2,(H,34,37)/b2-1+. The second kappa shape index (κ2) is 10.9. The van der Waals surface area contributed by atoms with E-state index in [9.17, 15) is 14.4 Å². The Balaban J connectivity index is 1.40. The normalized spacial score (nSPS) is 13.6. The van der Waals surface area contributed by atoms with Crippen molar-refractivity contribution >= 4 is 50.5 Å². The Morgan fingerprint density at radius 2 is 2.11 bits per heavy atom. The fraction of sp³-hybridized carbons (Fsp3) is 0.179. The van der Waals surface area contributed by atoms with Gasteiger partial charge in [0, 0.05) is 59.9 Å². The van der Waals surface area contributed by atoms with Gasteiger partial charge in [-0.2, -0.15) is 5.26 Å². The third-order valence-corrected chi connectivity index (χ3v) is 7.11. The highest BCUT2D eigenvalue weighted by Gasteiger charge is 2.26. The molecule has 0 unspecified atom stereocenters. The molecular weight excluding hydrogens is 557 g/mol. The van der Waals surface area contributed by atoms with Crippen molar-refractivity contribution in [1.29, 1.82) is 5.26 Å². The number of aromatic nitrogens is 2. The maximum atomic E-state index is 14.1. The molecule has 37 heavy (non-hydrogen) atoms. The number of nitrogens with one attached hydrogen (secondary N) is 1. The molecule has 1 aliphatic rings. The van der Waals surface area contributed by atoms with Crippen LogP contribution in [-0.4, -0.2) is 33.6 Å². The third-order valence-electron chi connectivity index (χ3n) is 6.41. The van der Waals surface area contributed by atoms with Crippen molar-refractivity contribution in [3.63, 3.8) is 0 Å². The van der Waals surface area contributed by atoms with Gasteiger partial charge >= 0.3 is 6.03 Å². The van der Waals surface area contributed by atoms with Gasteiger partial charge in [0.15, 0.2) is 0 Å². The van der Waals surface area contributed by atoms with Crippen molar-refractivity contribution in [1.82, 2.24) is 19.8 Å². The lowest BCUT2D eigenvalue weighted by Crippen LogP contribution is -2.34. The van der Waals surface area contributed by atoms with Gasteiger partial charge in [-0.3, -0.25) is 9.47 Å². The summed E-state index contributed by atoms with van der Waals surface area (Å²) in [4.78, 5) is 19.6. The van der Waals surface area contributed by atoms with Crippen molar-refractivity contribution < 1.29 is 9.18 Å². The van der Waals surface area contributed by atoms with E-state index in [2.05, 4.69) is 37.2 Å². The Morgan fingerprint density at radius 1 is 1.24 bits per heavy atom. The van der Waals surface area contributed by atoms with Crippen LogP contribution in [0, 0.1) is 17.1 Å². The summed E-state index contributed by atoms with van der Waals surface area (Å²) in [6.07, 6.45) is 6.01. The molecular formula is C28H22BrClFN5O. The molecule has 1 N–H and O–H groups in total. The predicted octanol–water partition coefficient (Wildman–Crippen LogP) is 6.29. The van der Waals surface area contributed by atoms with Crippen LogP contribution in [0.1, 0.15) is 27.9 Å². The van der Waals surface area contributed by atoms with Gasteiger partial charge in [-0.05, 0) is 53.6 Å². The van der Waals surface area contributed by atoms with Gasteiger partial charge in [0.25, 0.3) is 0 Å². The van der Waals surface area contributed by atoms with Crippen LogP contribution >= 0.6 is 27.5 Å². The van der Waals surface area contributed by atoms with Crippen molar-refractivity contribution in [2.45, 2.75) is 19.5 Å². The van der Waals surface area contributed by atoms with Crippen molar-refractivity contribution in [3.05, 3.63) is 104 Å². The molecule has 4 aromatic rings. The summed E-state index contributed by atoms with van der Waals surface area (Å²) in [7, 11) is 0. The molecule has 6 nitrogen and oxygen atoms in total. The molecule has 1 aliphatic heterocycles. The number of rotatable bonds is 5. The van der Waals surface area contributed by atoms with Gasteiger partial charge in [-0.1, -0.05) is 45.7 Å². The van der Waals surface area contributed by atoms with Gasteiger partial charge in [0.05, 0.1) is 17.1 Å². The number of benzene rings is 2. The number of carbonyl (C=O) groups excluding carboxylic acids is 1. The molecule has 5 rings (SSSR count). The molecule has 2 aromatic carbocycles. The number of amides is 1. The molecule has 0 saturated heterocycles. The van der Waals surface area contributed by atoms with Crippen molar-refractivity contribution in [2.75, 3.05) is 13.1 Å². The zero-order chi connectivity index (χ0) is 25.9. The summed E-state index contributed by atoms with van der Waals surface area (Å²) < 4.78 is 16.6. The van der Waals surface area contributed by atoms with E-state index in [-0.39, 0.29) is 11.8 Å². The first-order chi connectivity index (χ1) is 17.9. The van der Waals surface area contributed by atoms with Crippen LogP contribution in [0.25, 0.3) is 17.0 Å². The van der Waals surface area contributed by atoms with E-state index in [1.807, 2.05) is 12.1 Å². The number of hydrogen-bond acceptors (Lipinski definition) is 4. The lowest BCUT2D eigenvalue weighted by atomic mass is 10.0. The van der Waals surface area contributed by atoms with E-state index < -0.39 is 0 Å². The highest BCUT2D eigenvalue weighted by molar-refractivity contribution is 9.10. The quantitative estimate of drug-likeness (QED) is 0.282. The molecule has 0 saturated carbocycles. The first kappa shape index (κ1) is 25.2. The van der Waals surface area contributed by atoms with Gasteiger partial charge in [-0.15, -0.1) is 0 Å². The van der Waals surface area contributed by atoms with E-state index >= 15 is 0 Å². The molecule has 2 aromatic heterocycles. The summed E-state index contributed by atoms with van der Waals surface area (Å²) in [5, 5.41) is 13.7. The number of nitriles is 1. The largest absolute Gasteiger partial charge is 0.333 e. The number of halogens is 3. The van der Waals surface area contributed by atoms with Crippen LogP contribution in [0.2, 0.25) is 5.15 Å². The van der Waals surface area contributed by atoms with Crippen LogP contribution in [0.3, 0.4) is 0 Å². The monoisotopic (exact) mass is 577 g/mol. The van der Waals surface area contributed by atoms with Crippen LogP contribution in [0.4, 0.5) is 9.18 Å². The van der Waals surface area contributed by atoms with E-state index in [0.717, 1.165) is 33.2 Å². The smallest absolute Gasteiger partial charge is 0.326 e. The summed E-state index contributed by atoms with van der Waals surface area (Å²) in [6, 6.07) is 15.7. The predicted molar refractivity (Wildman–Crippen MR) is 146 cm³/mol. The maximum Gasteiger partial charge on any atom is 0.326 e. The van der Waals surface area contributed by atoms with E-state index in [1.165, 1.54) is 6.07 Å². The highest BCUT2D eigenvalue weighted by Crippen LogP contribution is 2.32. The molecule has 9 heteroatoms. The van der Waals surface area contributed by atoms with Gasteiger partial charge in [0.1, 0.15) is 11.0 Å². The summed E-state index contributed by atoms with van der Waals surface area (Å²) >= 11 is 9.36. The summed E-state index contributed by atoms with van der Waals surface area (Å²) in [6.45, 7) is 2.33. The van der Waals surface area contributed by atoms with Gasteiger partial charge in [-0.25, -0.2) is 14.2 Å². The average Bonchev–Trinajstić information content (AvgIpc) is 3.22. The second-order valence-electron chi connectivity index (χ2n) is 8.80. The molecule has 0 bridgehead atoms. The first-order valence-electron chi connectivity index (χ1n) is 11.7. The third kappa shape index (κ3) is 5.44. The van der Waals surface area contributed by atoms with Crippen molar-refractivity contribution in [2.24, 2.45) is 0 Å². The molecule has 0 fully saturated rings. The lowest BCUT2D eigenvalue weighted by Gasteiger charge is -2.27. The van der Waals surface area contributed by atoms with Gasteiger partial charge < -0.3 is 5.32 Å². The van der Waals surface area contributed by atoms with E-state index in [1.54, 1.807) is 53.2 Å². The SMILES string of the molecule is N#Cc1ccc2c3c(n(C(=O)NCc4ccnc(Cl)c4)c2c1)CCN(C/C=C/c1cc(Br)ccc1F)C3. The fourth-order valence-corrected chi connectivity index (χ4v) is 5.23. The van der Waals surface area contributed by atoms with Crippen LogP contribution < -0.4 is 5.32 Å². The molecule has 0 radical (unpaired) electrons. The Kier molecular flexibility index (Phi) is 7.38. The molecule has 1 amide bonds. The first-order valence-corrected chi connectivity index (χ1v) is 12.9. The topological polar surface area (TPSA) is 74.0 Å². The molecule has 186 valence electrons. The van der Waals surface area contributed by atoms with E-state index in [0.29, 0.717) is 47.9 Å². The number of pyridine rings is 1. The van der Waals surface area contributed by atoms with Crippen LogP contribution in [-0.2, 0) is 19.5 Å². The Hall–Kier alpha value is -3.51. The Bertz CT molecular complexity index is 1580. The molecule has 3 heterocycles. The van der Waals surface area contributed by atoms with Crippen LogP contribution in [0.15, 0.2) is 65.3 Å². The number of carbonyl (C=O) groups is 1. The number of hydrogen-bond donors (Lipinski definition) is 1. The number of fused-ring (bicyclic) bond motifs is 3. The maximum absolute atomic E-state index is 14.1. The van der Waals surface area contributed by atoms with Crippen LogP contribution in [0.5, 0.6) is 0 Å². The molecule has 0 aliphatic carbocycles. The Morgan fingerprint density at radius 3 is 2.92 bits per heavy atom. The number of nitrogens with zero attached hydrogens (tertiary/aromatic N) is 4. The summed E-state index contributed by atoms with van der Waals surface area (Å²) in [5.41, 5.74) is 4.58. The molecule has 0 atom stereocenters. The highest BCUT2D eigenvalue weighted by atomic mass is 79.9. The zero-order valence-corrected chi connectivity index (χ0v) is 22.1. The fourth-order valence-electron chi connectivity index (χ4n) is 4.65. The lowest BCUT2D eigenvalue weighted by molar-refractivity contribution is 0.240. The van der Waals surface area contributed by atoms with E-state index in [4.69, 9.17) is 11.6 Å². The minimum absolute atomic E-state index is 0.257. The zero-order valence-electron chi connectivity index (χ0n) is 19.7. The minimum atomic E-state index is -0.267. The minimum Gasteiger partial charge on any atom is -0.333 e.